The van der Waals surface area contributed by atoms with Crippen LogP contribution in [-0.2, 0) is 9.47 Å². The Hall–Kier alpha value is -4.21. The van der Waals surface area contributed by atoms with E-state index in [1.807, 2.05) is 6.07 Å². The Balaban J connectivity index is 1.08. The van der Waals surface area contributed by atoms with Crippen LogP contribution >= 0.6 is 0 Å². The minimum Gasteiger partial charge on any atom is -0.461 e. The molecule has 9 nitrogen and oxygen atoms in total. The highest BCUT2D eigenvalue weighted by Crippen LogP contribution is 2.45. The number of nitrogens with one attached hydrogen (secondary N) is 1. The third-order valence-electron chi connectivity index (χ3n) is 11.9. The summed E-state index contributed by atoms with van der Waals surface area (Å²) in [5, 5.41) is 5.30. The van der Waals surface area contributed by atoms with Crippen LogP contribution in [0.25, 0.3) is 32.9 Å². The lowest BCUT2D eigenvalue weighted by molar-refractivity contribution is -0.216. The maximum atomic E-state index is 17.0. The van der Waals surface area contributed by atoms with Crippen molar-refractivity contribution < 1.29 is 23.0 Å². The molecule has 2 aromatic heterocycles. The second-order valence-electron chi connectivity index (χ2n) is 15.1. The second kappa shape index (κ2) is 12.5. The molecule has 0 radical (unpaired) electrons. The summed E-state index contributed by atoms with van der Waals surface area (Å²) in [6.07, 6.45) is 13.2. The van der Waals surface area contributed by atoms with Gasteiger partial charge in [-0.25, -0.2) is 8.78 Å². The van der Waals surface area contributed by atoms with E-state index in [9.17, 15) is 4.39 Å². The number of nitrogens with zero attached hydrogens (tertiary/aromatic N) is 5. The standard InChI is InChI=1S/C40H42F2N6O3/c1-4-29-32(41)12-9-25-7-6-8-30(33(25)29)35-34(42)36-31(16-43-35)37(47-18-26-10-11-27(19-47)44-26)46-38(45-36)50-21-39-14-13-28(48(39)17-24(3)15-39)20-51-40(5-2)22-49-23-40/h1,6-9,12,16,26-28,44H,3,5,10-11,13-15,17-23H2,2H3. The summed E-state index contributed by atoms with van der Waals surface area (Å²) in [6, 6.07) is 9.33. The summed E-state index contributed by atoms with van der Waals surface area (Å²) >= 11 is 0. The molecule has 5 aliphatic rings. The Morgan fingerprint density at radius 3 is 2.69 bits per heavy atom. The zero-order valence-corrected chi connectivity index (χ0v) is 28.9. The molecule has 4 atom stereocenters. The summed E-state index contributed by atoms with van der Waals surface area (Å²) in [4.78, 5) is 19.0. The first kappa shape index (κ1) is 32.7. The predicted molar refractivity (Wildman–Crippen MR) is 192 cm³/mol. The fraction of sp³-hybridized carbons (Fsp3) is 0.475. The van der Waals surface area contributed by atoms with E-state index in [0.29, 0.717) is 66.1 Å². The number of rotatable bonds is 9. The van der Waals surface area contributed by atoms with Crippen molar-refractivity contribution in [2.24, 2.45) is 0 Å². The first-order chi connectivity index (χ1) is 24.8. The highest BCUT2D eigenvalue weighted by molar-refractivity contribution is 6.02. The average molecular weight is 693 g/mol. The molecule has 51 heavy (non-hydrogen) atoms. The van der Waals surface area contributed by atoms with Crippen LogP contribution in [0.2, 0.25) is 0 Å². The Bertz CT molecular complexity index is 2080. The van der Waals surface area contributed by atoms with Gasteiger partial charge in [0.25, 0.3) is 0 Å². The SMILES string of the molecule is C#Cc1c(F)ccc2cccc(-c3ncc4c(N5CC6CCC(C5)N6)nc(OCC56CCC(COC7(CC)COC7)N5CC(=C)C6)nc4c3F)c12. The summed E-state index contributed by atoms with van der Waals surface area (Å²) in [5.41, 5.74) is 1.34. The molecular formula is C40H42F2N6O3. The van der Waals surface area contributed by atoms with Gasteiger partial charge >= 0.3 is 6.01 Å². The number of fused-ring (bicyclic) bond motifs is 5. The molecule has 264 valence electrons. The number of anilines is 1. The summed E-state index contributed by atoms with van der Waals surface area (Å²) in [7, 11) is 0. The molecule has 0 amide bonds. The van der Waals surface area contributed by atoms with Crippen molar-refractivity contribution in [3.8, 4) is 29.6 Å². The first-order valence-electron chi connectivity index (χ1n) is 18.1. The van der Waals surface area contributed by atoms with Gasteiger partial charge in [-0.15, -0.1) is 6.42 Å². The van der Waals surface area contributed by atoms with Crippen molar-refractivity contribution in [1.82, 2.24) is 25.2 Å². The quantitative estimate of drug-likeness (QED) is 0.173. The van der Waals surface area contributed by atoms with E-state index < -0.39 is 11.6 Å². The third-order valence-corrected chi connectivity index (χ3v) is 11.9. The smallest absolute Gasteiger partial charge is 0.319 e. The maximum Gasteiger partial charge on any atom is 0.319 e. The molecule has 9 rings (SSSR count). The number of hydrogen-bond acceptors (Lipinski definition) is 9. The van der Waals surface area contributed by atoms with Crippen LogP contribution in [0.15, 0.2) is 48.7 Å². The van der Waals surface area contributed by atoms with E-state index in [2.05, 4.69) is 39.5 Å². The fourth-order valence-corrected chi connectivity index (χ4v) is 9.12. The van der Waals surface area contributed by atoms with Crippen LogP contribution in [0.1, 0.15) is 51.0 Å². The zero-order chi connectivity index (χ0) is 34.9. The Morgan fingerprint density at radius 1 is 1.12 bits per heavy atom. The van der Waals surface area contributed by atoms with Gasteiger partial charge < -0.3 is 24.4 Å². The number of hydrogen-bond donors (Lipinski definition) is 1. The van der Waals surface area contributed by atoms with Crippen LogP contribution in [0.3, 0.4) is 0 Å². The lowest BCUT2D eigenvalue weighted by atomic mass is 9.94. The monoisotopic (exact) mass is 692 g/mol. The van der Waals surface area contributed by atoms with Crippen LogP contribution < -0.4 is 15.0 Å². The van der Waals surface area contributed by atoms with Gasteiger partial charge in [0.05, 0.1) is 36.3 Å². The molecule has 1 N–H and O–H groups in total. The van der Waals surface area contributed by atoms with Gasteiger partial charge in [-0.3, -0.25) is 9.88 Å². The zero-order valence-electron chi connectivity index (χ0n) is 28.9. The topological polar surface area (TPSA) is 84.9 Å². The molecule has 2 aromatic carbocycles. The number of halogens is 2. The molecule has 2 bridgehead atoms. The van der Waals surface area contributed by atoms with Gasteiger partial charge in [-0.05, 0) is 50.0 Å². The molecule has 4 unspecified atom stereocenters. The van der Waals surface area contributed by atoms with E-state index in [4.69, 9.17) is 30.6 Å². The molecule has 0 saturated carbocycles. The van der Waals surface area contributed by atoms with Crippen molar-refractivity contribution in [3.63, 3.8) is 0 Å². The molecule has 5 fully saturated rings. The number of benzene rings is 2. The van der Waals surface area contributed by atoms with Crippen LogP contribution in [0, 0.1) is 24.0 Å². The highest BCUT2D eigenvalue weighted by Gasteiger charge is 2.52. The molecule has 4 aromatic rings. The molecule has 7 heterocycles. The van der Waals surface area contributed by atoms with Crippen molar-refractivity contribution in [2.75, 3.05) is 51.0 Å². The van der Waals surface area contributed by atoms with E-state index in [1.54, 1.807) is 24.4 Å². The van der Waals surface area contributed by atoms with E-state index in [0.717, 1.165) is 63.7 Å². The lowest BCUT2D eigenvalue weighted by Gasteiger charge is -2.42. The van der Waals surface area contributed by atoms with Gasteiger partial charge in [0.15, 0.2) is 5.82 Å². The van der Waals surface area contributed by atoms with Crippen molar-refractivity contribution in [2.45, 2.75) is 74.7 Å². The Kier molecular flexibility index (Phi) is 8.00. The average Bonchev–Trinajstić information content (AvgIpc) is 3.75. The number of terminal acetylenes is 1. The molecule has 0 spiro atoms. The van der Waals surface area contributed by atoms with Crippen molar-refractivity contribution >= 4 is 27.5 Å². The Morgan fingerprint density at radius 2 is 1.94 bits per heavy atom. The minimum atomic E-state index is -0.629. The molecule has 5 saturated heterocycles. The summed E-state index contributed by atoms with van der Waals surface area (Å²) in [6.45, 7) is 11.0. The van der Waals surface area contributed by atoms with E-state index in [1.165, 1.54) is 6.07 Å². The number of ether oxygens (including phenoxy) is 3. The normalized spacial score (nSPS) is 26.8. The summed E-state index contributed by atoms with van der Waals surface area (Å²) in [5.74, 6) is 1.90. The number of pyridine rings is 1. The van der Waals surface area contributed by atoms with E-state index >= 15 is 4.39 Å². The van der Waals surface area contributed by atoms with Gasteiger partial charge in [-0.2, -0.15) is 9.97 Å². The van der Waals surface area contributed by atoms with Gasteiger partial charge in [0, 0.05) is 54.9 Å². The van der Waals surface area contributed by atoms with Gasteiger partial charge in [0.1, 0.15) is 35.1 Å². The first-order valence-corrected chi connectivity index (χ1v) is 18.1. The predicted octanol–water partition coefficient (Wildman–Crippen LogP) is 5.78. The van der Waals surface area contributed by atoms with Crippen molar-refractivity contribution in [3.05, 3.63) is 65.9 Å². The highest BCUT2D eigenvalue weighted by atomic mass is 19.1. The van der Waals surface area contributed by atoms with Crippen LogP contribution in [0.4, 0.5) is 14.6 Å². The lowest BCUT2D eigenvalue weighted by Crippen LogP contribution is -2.54. The van der Waals surface area contributed by atoms with Crippen molar-refractivity contribution in [1.29, 1.82) is 0 Å². The van der Waals surface area contributed by atoms with Crippen LogP contribution in [0.5, 0.6) is 6.01 Å². The number of piperazine rings is 1. The second-order valence-corrected chi connectivity index (χ2v) is 15.1. The largest absolute Gasteiger partial charge is 0.461 e. The van der Waals surface area contributed by atoms with E-state index in [-0.39, 0.29) is 40.0 Å². The molecule has 5 aliphatic heterocycles. The molecule has 11 heteroatoms. The minimum absolute atomic E-state index is 0.0448. The Labute approximate surface area is 296 Å². The molecule has 0 aliphatic carbocycles. The fourth-order valence-electron chi connectivity index (χ4n) is 9.12. The number of aromatic nitrogens is 3. The molecular weight excluding hydrogens is 650 g/mol. The maximum absolute atomic E-state index is 17.0. The van der Waals surface area contributed by atoms with Gasteiger partial charge in [0.2, 0.25) is 0 Å². The van der Waals surface area contributed by atoms with Gasteiger partial charge in [-0.1, -0.05) is 49.3 Å². The summed E-state index contributed by atoms with van der Waals surface area (Å²) < 4.78 is 50.4. The third kappa shape index (κ3) is 5.46. The van der Waals surface area contributed by atoms with Crippen LogP contribution in [-0.4, -0.2) is 95.2 Å².